The van der Waals surface area contributed by atoms with Crippen LogP contribution in [0.3, 0.4) is 0 Å². The summed E-state index contributed by atoms with van der Waals surface area (Å²) in [7, 11) is 2.01. The van der Waals surface area contributed by atoms with Crippen LogP contribution in [0.15, 0.2) is 36.4 Å². The Hall–Kier alpha value is -2.54. The predicted molar refractivity (Wildman–Crippen MR) is 97.4 cm³/mol. The van der Waals surface area contributed by atoms with Crippen LogP contribution >= 0.6 is 0 Å². The van der Waals surface area contributed by atoms with Crippen LogP contribution in [-0.4, -0.2) is 42.3 Å². The summed E-state index contributed by atoms with van der Waals surface area (Å²) in [6.45, 7) is 1.25. The molecule has 1 atom stereocenters. The fraction of sp³-hybridized carbons (Fsp3) is 0.350. The van der Waals surface area contributed by atoms with E-state index < -0.39 is 23.5 Å². The number of hydrogen-bond donors (Lipinski definition) is 1. The number of anilines is 1. The lowest BCUT2D eigenvalue weighted by Crippen LogP contribution is -2.35. The van der Waals surface area contributed by atoms with Crippen LogP contribution in [0.4, 0.5) is 23.7 Å². The first kappa shape index (κ1) is 19.2. The Labute approximate surface area is 155 Å². The Morgan fingerprint density at radius 2 is 1.89 bits per heavy atom. The first-order valence-electron chi connectivity index (χ1n) is 8.83. The summed E-state index contributed by atoms with van der Waals surface area (Å²) in [4.78, 5) is 15.2. The van der Waals surface area contributed by atoms with Crippen molar-refractivity contribution < 1.29 is 23.1 Å². The zero-order chi connectivity index (χ0) is 19.6. The molecule has 2 aromatic rings. The number of likely N-dealkylation sites (tertiary alicyclic amines) is 1. The second kappa shape index (κ2) is 8.00. The molecule has 1 saturated heterocycles. The zero-order valence-corrected chi connectivity index (χ0v) is 15.0. The summed E-state index contributed by atoms with van der Waals surface area (Å²) >= 11 is 0. The summed E-state index contributed by atoms with van der Waals surface area (Å²) in [6, 6.07) is 8.51. The normalized spacial score (nSPS) is 17.3. The molecule has 0 bridgehead atoms. The fourth-order valence-corrected chi connectivity index (χ4v) is 3.61. The van der Waals surface area contributed by atoms with E-state index in [1.165, 1.54) is 4.90 Å². The lowest BCUT2D eigenvalue weighted by atomic mass is 10.0. The molecule has 1 aliphatic rings. The van der Waals surface area contributed by atoms with Gasteiger partial charge in [-0.3, -0.25) is 4.90 Å². The maximum Gasteiger partial charge on any atom is 0.411 e. The van der Waals surface area contributed by atoms with Crippen molar-refractivity contribution in [2.45, 2.75) is 25.3 Å². The predicted octanol–water partition coefficient (Wildman–Crippen LogP) is 4.74. The number of para-hydroxylation sites is 1. The third-order valence-corrected chi connectivity index (χ3v) is 5.08. The minimum atomic E-state index is -1.55. The van der Waals surface area contributed by atoms with Gasteiger partial charge in [-0.25, -0.2) is 18.0 Å². The van der Waals surface area contributed by atoms with Gasteiger partial charge in [0.05, 0.1) is 5.69 Å². The molecule has 1 amide bonds. The molecule has 0 saturated carbocycles. The van der Waals surface area contributed by atoms with Gasteiger partial charge in [0, 0.05) is 18.2 Å². The van der Waals surface area contributed by atoms with Crippen molar-refractivity contribution >= 4 is 11.8 Å². The van der Waals surface area contributed by atoms with E-state index in [2.05, 4.69) is 4.90 Å². The summed E-state index contributed by atoms with van der Waals surface area (Å²) < 4.78 is 40.6. The number of nitrogens with zero attached hydrogens (tertiary/aromatic N) is 2. The van der Waals surface area contributed by atoms with E-state index >= 15 is 0 Å². The molecule has 27 heavy (non-hydrogen) atoms. The average Bonchev–Trinajstić information content (AvgIpc) is 3.04. The van der Waals surface area contributed by atoms with Crippen molar-refractivity contribution in [1.82, 2.24) is 4.90 Å². The smallest absolute Gasteiger partial charge is 0.411 e. The first-order chi connectivity index (χ1) is 12.9. The highest BCUT2D eigenvalue weighted by Crippen LogP contribution is 2.33. The van der Waals surface area contributed by atoms with E-state index in [1.54, 1.807) is 24.3 Å². The van der Waals surface area contributed by atoms with E-state index in [9.17, 15) is 23.1 Å². The summed E-state index contributed by atoms with van der Waals surface area (Å²) in [5.74, 6) is -4.17. The molecular formula is C20H21F3N2O2. The molecule has 0 aromatic heterocycles. The monoisotopic (exact) mass is 378 g/mol. The van der Waals surface area contributed by atoms with E-state index in [4.69, 9.17) is 0 Å². The SMILES string of the molecule is CN1CCCC1CCN(C(=O)O)c1ccccc1-c1cc(F)c(F)c(F)c1. The molecule has 1 unspecified atom stereocenters. The topological polar surface area (TPSA) is 43.8 Å². The Balaban J connectivity index is 1.93. The molecule has 4 nitrogen and oxygen atoms in total. The standard InChI is InChI=1S/C20H21F3N2O2/c1-24-9-4-5-14(24)8-10-25(20(26)27)18-7-3-2-6-15(18)13-11-16(21)19(23)17(22)12-13/h2-3,6-7,11-12,14H,4-5,8-10H2,1H3,(H,26,27). The number of benzene rings is 2. The van der Waals surface area contributed by atoms with Crippen LogP contribution in [0, 0.1) is 17.5 Å². The van der Waals surface area contributed by atoms with Gasteiger partial charge in [-0.15, -0.1) is 0 Å². The summed E-state index contributed by atoms with van der Waals surface area (Å²) in [5.41, 5.74) is 0.736. The lowest BCUT2D eigenvalue weighted by Gasteiger charge is -2.26. The highest BCUT2D eigenvalue weighted by molar-refractivity contribution is 5.92. The van der Waals surface area contributed by atoms with Gasteiger partial charge in [0.15, 0.2) is 17.5 Å². The Morgan fingerprint density at radius 3 is 2.48 bits per heavy atom. The van der Waals surface area contributed by atoms with Gasteiger partial charge < -0.3 is 10.0 Å². The molecule has 7 heteroatoms. The third kappa shape index (κ3) is 4.08. The summed E-state index contributed by atoms with van der Waals surface area (Å²) in [6.07, 6.45) is 1.61. The summed E-state index contributed by atoms with van der Waals surface area (Å²) in [5, 5.41) is 9.70. The van der Waals surface area contributed by atoms with E-state index in [0.29, 0.717) is 23.7 Å². The highest BCUT2D eigenvalue weighted by Gasteiger charge is 2.25. The van der Waals surface area contributed by atoms with Crippen LogP contribution in [0.1, 0.15) is 19.3 Å². The molecule has 144 valence electrons. The van der Waals surface area contributed by atoms with Gasteiger partial charge in [-0.05, 0) is 56.6 Å². The molecule has 1 heterocycles. The van der Waals surface area contributed by atoms with Gasteiger partial charge in [0.1, 0.15) is 0 Å². The van der Waals surface area contributed by atoms with Crippen molar-refractivity contribution in [2.75, 3.05) is 25.0 Å². The number of carboxylic acid groups (broad SMARTS) is 1. The molecule has 0 radical (unpaired) electrons. The molecule has 1 N–H and O–H groups in total. The van der Waals surface area contributed by atoms with Crippen molar-refractivity contribution in [3.63, 3.8) is 0 Å². The number of amides is 1. The van der Waals surface area contributed by atoms with Gasteiger partial charge >= 0.3 is 6.09 Å². The van der Waals surface area contributed by atoms with Crippen molar-refractivity contribution in [2.24, 2.45) is 0 Å². The molecule has 1 fully saturated rings. The van der Waals surface area contributed by atoms with Crippen LogP contribution < -0.4 is 4.90 Å². The van der Waals surface area contributed by atoms with E-state index in [0.717, 1.165) is 31.5 Å². The van der Waals surface area contributed by atoms with Crippen LogP contribution in [0.25, 0.3) is 11.1 Å². The Kier molecular flexibility index (Phi) is 5.70. The molecule has 0 aliphatic carbocycles. The first-order valence-corrected chi connectivity index (χ1v) is 8.83. The number of rotatable bonds is 5. The van der Waals surface area contributed by atoms with Crippen molar-refractivity contribution in [3.05, 3.63) is 53.8 Å². The Morgan fingerprint density at radius 1 is 1.22 bits per heavy atom. The van der Waals surface area contributed by atoms with E-state index in [1.807, 2.05) is 7.05 Å². The van der Waals surface area contributed by atoms with E-state index in [-0.39, 0.29) is 12.1 Å². The average molecular weight is 378 g/mol. The van der Waals surface area contributed by atoms with Crippen LogP contribution in [-0.2, 0) is 0 Å². The quantitative estimate of drug-likeness (QED) is 0.765. The molecule has 2 aromatic carbocycles. The van der Waals surface area contributed by atoms with Gasteiger partial charge in [-0.1, -0.05) is 18.2 Å². The van der Waals surface area contributed by atoms with Gasteiger partial charge in [-0.2, -0.15) is 0 Å². The Bertz CT molecular complexity index is 821. The lowest BCUT2D eigenvalue weighted by molar-refractivity contribution is 0.200. The molecule has 0 spiro atoms. The van der Waals surface area contributed by atoms with Gasteiger partial charge in [0.25, 0.3) is 0 Å². The number of hydrogen-bond acceptors (Lipinski definition) is 2. The molecule has 3 rings (SSSR count). The largest absolute Gasteiger partial charge is 0.465 e. The highest BCUT2D eigenvalue weighted by atomic mass is 19.2. The number of carbonyl (C=O) groups is 1. The molecule has 1 aliphatic heterocycles. The minimum Gasteiger partial charge on any atom is -0.465 e. The molecular weight excluding hydrogens is 357 g/mol. The fourth-order valence-electron chi connectivity index (χ4n) is 3.61. The van der Waals surface area contributed by atoms with Crippen LogP contribution in [0.2, 0.25) is 0 Å². The van der Waals surface area contributed by atoms with Crippen molar-refractivity contribution in [3.8, 4) is 11.1 Å². The maximum absolute atomic E-state index is 13.7. The third-order valence-electron chi connectivity index (χ3n) is 5.08. The minimum absolute atomic E-state index is 0.0891. The van der Waals surface area contributed by atoms with Gasteiger partial charge in [0.2, 0.25) is 0 Å². The maximum atomic E-state index is 13.7. The second-order valence-corrected chi connectivity index (χ2v) is 6.77. The second-order valence-electron chi connectivity index (χ2n) is 6.77. The number of halogens is 3. The van der Waals surface area contributed by atoms with Crippen molar-refractivity contribution in [1.29, 1.82) is 0 Å². The van der Waals surface area contributed by atoms with Crippen LogP contribution in [0.5, 0.6) is 0 Å². The zero-order valence-electron chi connectivity index (χ0n) is 15.0.